The number of likely N-dealkylation sites (N-methyl/N-ethyl adjacent to an activating group) is 1. The Morgan fingerprint density at radius 3 is 2.62 bits per heavy atom. The fourth-order valence-corrected chi connectivity index (χ4v) is 2.98. The molecule has 0 aliphatic heterocycles. The SMILES string of the molecule is CCN(CC)C(CNC(=O)Cn1ccccc1=O)c1cccc(OC)c1. The molecule has 0 aliphatic rings. The summed E-state index contributed by atoms with van der Waals surface area (Å²) in [5.74, 6) is 0.611. The molecule has 26 heavy (non-hydrogen) atoms. The van der Waals surface area contributed by atoms with Crippen LogP contribution in [0, 0.1) is 0 Å². The lowest BCUT2D eigenvalue weighted by molar-refractivity contribution is -0.122. The average Bonchev–Trinajstić information content (AvgIpc) is 2.67. The molecule has 0 bridgehead atoms. The monoisotopic (exact) mass is 357 g/mol. The van der Waals surface area contributed by atoms with Crippen LogP contribution in [0.3, 0.4) is 0 Å². The zero-order valence-corrected chi connectivity index (χ0v) is 15.6. The van der Waals surface area contributed by atoms with Crippen LogP contribution in [-0.4, -0.2) is 42.1 Å². The zero-order chi connectivity index (χ0) is 18.9. The number of methoxy groups -OCH3 is 1. The van der Waals surface area contributed by atoms with Gasteiger partial charge in [-0.2, -0.15) is 0 Å². The van der Waals surface area contributed by atoms with Crippen molar-refractivity contribution in [2.24, 2.45) is 0 Å². The summed E-state index contributed by atoms with van der Waals surface area (Å²) in [5, 5.41) is 2.96. The summed E-state index contributed by atoms with van der Waals surface area (Å²) in [6, 6.07) is 12.8. The van der Waals surface area contributed by atoms with Gasteiger partial charge in [0.15, 0.2) is 0 Å². The zero-order valence-electron chi connectivity index (χ0n) is 15.6. The second-order valence-electron chi connectivity index (χ2n) is 5.98. The number of carbonyl (C=O) groups excluding carboxylic acids is 1. The highest BCUT2D eigenvalue weighted by atomic mass is 16.5. The van der Waals surface area contributed by atoms with Gasteiger partial charge in [-0.3, -0.25) is 14.5 Å². The number of benzene rings is 1. The molecule has 1 amide bonds. The Morgan fingerprint density at radius 1 is 1.19 bits per heavy atom. The molecule has 6 nitrogen and oxygen atoms in total. The van der Waals surface area contributed by atoms with Gasteiger partial charge in [0.05, 0.1) is 13.2 Å². The molecule has 0 aliphatic carbocycles. The van der Waals surface area contributed by atoms with Crippen molar-refractivity contribution >= 4 is 5.91 Å². The van der Waals surface area contributed by atoms with E-state index >= 15 is 0 Å². The maximum absolute atomic E-state index is 12.3. The van der Waals surface area contributed by atoms with Crippen LogP contribution in [0.2, 0.25) is 0 Å². The number of rotatable bonds is 9. The van der Waals surface area contributed by atoms with Gasteiger partial charge in [-0.05, 0) is 36.9 Å². The van der Waals surface area contributed by atoms with Gasteiger partial charge >= 0.3 is 0 Å². The molecule has 1 atom stereocenters. The van der Waals surface area contributed by atoms with E-state index in [2.05, 4.69) is 24.1 Å². The normalized spacial score (nSPS) is 12.0. The van der Waals surface area contributed by atoms with Gasteiger partial charge in [0.25, 0.3) is 5.56 Å². The van der Waals surface area contributed by atoms with Crippen LogP contribution >= 0.6 is 0 Å². The van der Waals surface area contributed by atoms with Gasteiger partial charge < -0.3 is 14.6 Å². The Bertz CT molecular complexity index is 769. The number of carbonyl (C=O) groups is 1. The topological polar surface area (TPSA) is 63.6 Å². The molecule has 1 N–H and O–H groups in total. The van der Waals surface area contributed by atoms with Crippen molar-refractivity contribution in [2.45, 2.75) is 26.4 Å². The van der Waals surface area contributed by atoms with Crippen LogP contribution in [-0.2, 0) is 11.3 Å². The first kappa shape index (κ1) is 19.7. The highest BCUT2D eigenvalue weighted by molar-refractivity contribution is 5.75. The molecule has 1 heterocycles. The fraction of sp³-hybridized carbons (Fsp3) is 0.400. The fourth-order valence-electron chi connectivity index (χ4n) is 2.98. The van der Waals surface area contributed by atoms with Gasteiger partial charge in [0, 0.05) is 18.8 Å². The van der Waals surface area contributed by atoms with Crippen LogP contribution < -0.4 is 15.6 Å². The van der Waals surface area contributed by atoms with E-state index in [1.165, 1.54) is 10.6 Å². The first-order valence-corrected chi connectivity index (χ1v) is 8.89. The molecule has 6 heteroatoms. The number of nitrogens with one attached hydrogen (secondary N) is 1. The van der Waals surface area contributed by atoms with E-state index in [1.54, 1.807) is 25.4 Å². The third kappa shape index (κ3) is 5.20. The van der Waals surface area contributed by atoms with Crippen molar-refractivity contribution in [3.8, 4) is 5.75 Å². The molecule has 0 saturated heterocycles. The maximum atomic E-state index is 12.3. The Kier molecular flexibility index (Phi) is 7.41. The summed E-state index contributed by atoms with van der Waals surface area (Å²) in [7, 11) is 1.64. The molecule has 2 aromatic rings. The quantitative estimate of drug-likeness (QED) is 0.746. The van der Waals surface area contributed by atoms with Crippen molar-refractivity contribution in [1.29, 1.82) is 0 Å². The molecule has 0 radical (unpaired) electrons. The lowest BCUT2D eigenvalue weighted by atomic mass is 10.0. The Morgan fingerprint density at radius 2 is 1.96 bits per heavy atom. The molecular formula is C20H27N3O3. The van der Waals surface area contributed by atoms with E-state index in [9.17, 15) is 9.59 Å². The van der Waals surface area contributed by atoms with E-state index in [1.807, 2.05) is 24.3 Å². The highest BCUT2D eigenvalue weighted by Gasteiger charge is 2.19. The van der Waals surface area contributed by atoms with Crippen LogP contribution in [0.15, 0.2) is 53.5 Å². The Labute approximate surface area is 154 Å². The molecule has 0 spiro atoms. The van der Waals surface area contributed by atoms with Crippen molar-refractivity contribution in [3.63, 3.8) is 0 Å². The summed E-state index contributed by atoms with van der Waals surface area (Å²) < 4.78 is 6.72. The molecule has 2 rings (SSSR count). The van der Waals surface area contributed by atoms with E-state index in [-0.39, 0.29) is 24.1 Å². The standard InChI is InChI=1S/C20H27N3O3/c1-4-22(5-2)18(16-9-8-10-17(13-16)26-3)14-21-19(24)15-23-12-7-6-11-20(23)25/h6-13,18H,4-5,14-15H2,1-3H3,(H,21,24). The largest absolute Gasteiger partial charge is 0.497 e. The molecule has 1 aromatic carbocycles. The molecule has 0 fully saturated rings. The van der Waals surface area contributed by atoms with Crippen LogP contribution in [0.1, 0.15) is 25.5 Å². The lowest BCUT2D eigenvalue weighted by Crippen LogP contribution is -2.40. The first-order chi connectivity index (χ1) is 12.6. The minimum Gasteiger partial charge on any atom is -0.497 e. The first-order valence-electron chi connectivity index (χ1n) is 8.89. The molecule has 1 aromatic heterocycles. The van der Waals surface area contributed by atoms with Crippen molar-refractivity contribution in [3.05, 3.63) is 64.6 Å². The molecular weight excluding hydrogens is 330 g/mol. The predicted octanol–water partition coefficient (Wildman–Crippen LogP) is 2.06. The van der Waals surface area contributed by atoms with Gasteiger partial charge in [-0.25, -0.2) is 0 Å². The van der Waals surface area contributed by atoms with Gasteiger partial charge in [0.1, 0.15) is 12.3 Å². The Hall–Kier alpha value is -2.60. The second-order valence-corrected chi connectivity index (χ2v) is 5.98. The predicted molar refractivity (Wildman–Crippen MR) is 102 cm³/mol. The van der Waals surface area contributed by atoms with Crippen LogP contribution in [0.5, 0.6) is 5.75 Å². The van der Waals surface area contributed by atoms with Crippen LogP contribution in [0.4, 0.5) is 0 Å². The number of aromatic nitrogens is 1. The minimum absolute atomic E-state index is 0.0166. The average molecular weight is 357 g/mol. The minimum atomic E-state index is -0.185. The van der Waals surface area contributed by atoms with Gasteiger partial charge in [-0.15, -0.1) is 0 Å². The number of pyridine rings is 1. The lowest BCUT2D eigenvalue weighted by Gasteiger charge is -2.30. The summed E-state index contributed by atoms with van der Waals surface area (Å²) >= 11 is 0. The number of nitrogens with zero attached hydrogens (tertiary/aromatic N) is 2. The van der Waals surface area contributed by atoms with E-state index in [0.717, 1.165) is 24.4 Å². The number of ether oxygens (including phenoxy) is 1. The summed E-state index contributed by atoms with van der Waals surface area (Å²) in [6.45, 7) is 6.42. The van der Waals surface area contributed by atoms with Crippen molar-refractivity contribution in [2.75, 3.05) is 26.7 Å². The molecule has 0 saturated carbocycles. The van der Waals surface area contributed by atoms with Crippen molar-refractivity contribution < 1.29 is 9.53 Å². The Balaban J connectivity index is 2.10. The maximum Gasteiger partial charge on any atom is 0.250 e. The summed E-state index contributed by atoms with van der Waals surface area (Å²) in [6.07, 6.45) is 1.62. The van der Waals surface area contributed by atoms with E-state index in [4.69, 9.17) is 4.74 Å². The number of hydrogen-bond acceptors (Lipinski definition) is 4. The summed E-state index contributed by atoms with van der Waals surface area (Å²) in [5.41, 5.74) is 0.904. The second kappa shape index (κ2) is 9.77. The third-order valence-corrected chi connectivity index (χ3v) is 4.44. The van der Waals surface area contributed by atoms with Gasteiger partial charge in [0.2, 0.25) is 5.91 Å². The number of hydrogen-bond donors (Lipinski definition) is 1. The number of amides is 1. The highest BCUT2D eigenvalue weighted by Crippen LogP contribution is 2.23. The molecule has 1 unspecified atom stereocenters. The van der Waals surface area contributed by atoms with E-state index < -0.39 is 0 Å². The summed E-state index contributed by atoms with van der Waals surface area (Å²) in [4.78, 5) is 26.3. The van der Waals surface area contributed by atoms with E-state index in [0.29, 0.717) is 6.54 Å². The molecule has 140 valence electrons. The van der Waals surface area contributed by atoms with Crippen LogP contribution in [0.25, 0.3) is 0 Å². The smallest absolute Gasteiger partial charge is 0.250 e. The third-order valence-electron chi connectivity index (χ3n) is 4.44. The van der Waals surface area contributed by atoms with Crippen molar-refractivity contribution in [1.82, 2.24) is 14.8 Å². The van der Waals surface area contributed by atoms with Gasteiger partial charge in [-0.1, -0.05) is 32.0 Å².